The van der Waals surface area contributed by atoms with Gasteiger partial charge >= 0.3 is 5.97 Å². The van der Waals surface area contributed by atoms with E-state index in [0.29, 0.717) is 18.9 Å². The van der Waals surface area contributed by atoms with Crippen LogP contribution in [0.4, 0.5) is 5.82 Å². The Morgan fingerprint density at radius 2 is 2.19 bits per heavy atom. The molecule has 0 radical (unpaired) electrons. The van der Waals surface area contributed by atoms with Crippen LogP contribution in [-0.4, -0.2) is 34.2 Å². The number of carboxylic acids is 1. The van der Waals surface area contributed by atoms with Crippen LogP contribution in [-0.2, 0) is 6.54 Å². The monoisotopic (exact) mass is 243 g/mol. The maximum Gasteiger partial charge on any atom is 0.345 e. The average Bonchev–Trinajstić information content (AvgIpc) is 2.19. The van der Waals surface area contributed by atoms with Gasteiger partial charge in [0.25, 0.3) is 5.56 Å². The van der Waals surface area contributed by atoms with Crippen LogP contribution >= 0.6 is 11.6 Å². The highest BCUT2D eigenvalue weighted by atomic mass is 35.5. The minimum Gasteiger partial charge on any atom is -0.477 e. The van der Waals surface area contributed by atoms with E-state index in [-0.39, 0.29) is 10.8 Å². The van der Waals surface area contributed by atoms with Gasteiger partial charge < -0.3 is 14.6 Å². The first-order chi connectivity index (χ1) is 7.52. The van der Waals surface area contributed by atoms with Crippen molar-refractivity contribution in [2.45, 2.75) is 13.0 Å². The largest absolute Gasteiger partial charge is 0.477 e. The van der Waals surface area contributed by atoms with Gasteiger partial charge in [0.1, 0.15) is 5.82 Å². The molecule has 0 bridgehead atoms. The number of hydrogen-bond acceptors (Lipinski definition) is 4. The number of aromatic carboxylic acids is 1. The summed E-state index contributed by atoms with van der Waals surface area (Å²) in [4.78, 5) is 27.7. The van der Waals surface area contributed by atoms with Crippen LogP contribution in [0, 0.1) is 0 Å². The molecule has 86 valence electrons. The first-order valence-electron chi connectivity index (χ1n) is 4.77. The van der Waals surface area contributed by atoms with Gasteiger partial charge in [-0.1, -0.05) is 0 Å². The number of carbonyl (C=O) groups is 1. The number of fused-ring (bicyclic) bond motifs is 1. The highest BCUT2D eigenvalue weighted by Crippen LogP contribution is 2.24. The average molecular weight is 244 g/mol. The molecule has 0 unspecified atom stereocenters. The highest BCUT2D eigenvalue weighted by molar-refractivity contribution is 6.28. The smallest absolute Gasteiger partial charge is 0.345 e. The lowest BCUT2D eigenvalue weighted by molar-refractivity contribution is 0.0694. The Kier molecular flexibility index (Phi) is 2.59. The van der Waals surface area contributed by atoms with Gasteiger partial charge in [-0.15, -0.1) is 0 Å². The summed E-state index contributed by atoms with van der Waals surface area (Å²) in [5.41, 5.74) is -1.11. The molecule has 0 atom stereocenters. The Morgan fingerprint density at radius 1 is 1.50 bits per heavy atom. The number of aromatic nitrogens is 2. The van der Waals surface area contributed by atoms with Gasteiger partial charge in [0.05, 0.1) is 0 Å². The van der Waals surface area contributed by atoms with Crippen LogP contribution in [0.2, 0.25) is 5.28 Å². The Bertz CT molecular complexity index is 511. The Balaban J connectivity index is 2.79. The predicted octanol–water partition coefficient (Wildman–Crippen LogP) is 0.435. The molecule has 1 aliphatic heterocycles. The summed E-state index contributed by atoms with van der Waals surface area (Å²) >= 11 is 5.82. The van der Waals surface area contributed by atoms with Crippen molar-refractivity contribution in [1.29, 1.82) is 0 Å². The molecule has 0 amide bonds. The number of hydrogen-bond donors (Lipinski definition) is 1. The number of rotatable bonds is 1. The van der Waals surface area contributed by atoms with E-state index >= 15 is 0 Å². The zero-order valence-electron chi connectivity index (χ0n) is 8.60. The fourth-order valence-corrected chi connectivity index (χ4v) is 2.11. The van der Waals surface area contributed by atoms with Crippen molar-refractivity contribution in [1.82, 2.24) is 9.55 Å². The molecular formula is C9H10ClN3O3. The van der Waals surface area contributed by atoms with E-state index in [9.17, 15) is 9.59 Å². The zero-order valence-corrected chi connectivity index (χ0v) is 9.36. The molecule has 1 aromatic rings. The molecule has 0 saturated carbocycles. The summed E-state index contributed by atoms with van der Waals surface area (Å²) < 4.78 is 1.55. The first-order valence-corrected chi connectivity index (χ1v) is 5.15. The fraction of sp³-hybridized carbons (Fsp3) is 0.444. The van der Waals surface area contributed by atoms with Crippen LogP contribution in [0.1, 0.15) is 16.8 Å². The van der Waals surface area contributed by atoms with Gasteiger partial charge in [0.15, 0.2) is 5.56 Å². The second kappa shape index (κ2) is 3.79. The SMILES string of the molecule is CN1CCCn2c(Cl)nc(=O)c(C(=O)O)c21. The van der Waals surface area contributed by atoms with Gasteiger partial charge in [-0.3, -0.25) is 4.79 Å². The molecule has 1 aliphatic rings. The molecule has 0 fully saturated rings. The quantitative estimate of drug-likeness (QED) is 0.724. The molecule has 0 saturated heterocycles. The van der Waals surface area contributed by atoms with Gasteiger partial charge in [0.2, 0.25) is 5.28 Å². The lowest BCUT2D eigenvalue weighted by atomic mass is 10.2. The first kappa shape index (κ1) is 10.9. The highest BCUT2D eigenvalue weighted by Gasteiger charge is 2.26. The number of carboxylic acid groups (broad SMARTS) is 1. The van der Waals surface area contributed by atoms with Gasteiger partial charge in [-0.25, -0.2) is 4.79 Å². The Morgan fingerprint density at radius 3 is 2.81 bits per heavy atom. The molecule has 0 aliphatic carbocycles. The Labute approximate surface area is 96.1 Å². The van der Waals surface area contributed by atoms with Crippen molar-refractivity contribution in [2.75, 3.05) is 18.5 Å². The maximum absolute atomic E-state index is 11.5. The molecule has 1 aromatic heterocycles. The summed E-state index contributed by atoms with van der Waals surface area (Å²) in [6.45, 7) is 1.27. The van der Waals surface area contributed by atoms with Crippen molar-refractivity contribution in [3.05, 3.63) is 21.2 Å². The van der Waals surface area contributed by atoms with Crippen LogP contribution in [0.25, 0.3) is 0 Å². The fourth-order valence-electron chi connectivity index (χ4n) is 1.87. The summed E-state index contributed by atoms with van der Waals surface area (Å²) in [5, 5.41) is 9.05. The van der Waals surface area contributed by atoms with Gasteiger partial charge in [0, 0.05) is 20.1 Å². The summed E-state index contributed by atoms with van der Waals surface area (Å²) in [6.07, 6.45) is 0.840. The van der Waals surface area contributed by atoms with E-state index in [4.69, 9.17) is 16.7 Å². The lowest BCUT2D eigenvalue weighted by Crippen LogP contribution is -2.36. The third kappa shape index (κ3) is 1.55. The Hall–Kier alpha value is -1.56. The molecule has 1 N–H and O–H groups in total. The second-order valence-corrected chi connectivity index (χ2v) is 3.95. The minimum atomic E-state index is -1.27. The number of nitrogens with zero attached hydrogens (tertiary/aromatic N) is 3. The topological polar surface area (TPSA) is 75.4 Å². The van der Waals surface area contributed by atoms with Crippen molar-refractivity contribution in [3.8, 4) is 0 Å². The molecule has 2 rings (SSSR count). The van der Waals surface area contributed by atoms with Crippen molar-refractivity contribution in [3.63, 3.8) is 0 Å². The lowest BCUT2D eigenvalue weighted by Gasteiger charge is -2.30. The molecule has 0 spiro atoms. The minimum absolute atomic E-state index is 0.0385. The molecule has 16 heavy (non-hydrogen) atoms. The standard InChI is InChI=1S/C9H10ClN3O3/c1-12-3-2-4-13-7(12)5(8(15)16)6(14)11-9(13)10/h2-4H2,1H3,(H,15,16). The number of halogens is 1. The molecule has 7 heteroatoms. The van der Waals surface area contributed by atoms with E-state index in [0.717, 1.165) is 6.42 Å². The molecular weight excluding hydrogens is 234 g/mol. The third-order valence-corrected chi connectivity index (χ3v) is 2.85. The molecule has 2 heterocycles. The third-order valence-electron chi connectivity index (χ3n) is 2.56. The van der Waals surface area contributed by atoms with Crippen LogP contribution in [0.3, 0.4) is 0 Å². The van der Waals surface area contributed by atoms with Crippen molar-refractivity contribution < 1.29 is 9.90 Å². The van der Waals surface area contributed by atoms with Crippen LogP contribution in [0.5, 0.6) is 0 Å². The van der Waals surface area contributed by atoms with Gasteiger partial charge in [-0.05, 0) is 18.0 Å². The number of anilines is 1. The van der Waals surface area contributed by atoms with Crippen LogP contribution < -0.4 is 10.5 Å². The molecule has 6 nitrogen and oxygen atoms in total. The van der Waals surface area contributed by atoms with Crippen LogP contribution in [0.15, 0.2) is 4.79 Å². The summed E-state index contributed by atoms with van der Waals surface area (Å²) in [5.74, 6) is -0.935. The van der Waals surface area contributed by atoms with Crippen molar-refractivity contribution >= 4 is 23.4 Å². The zero-order chi connectivity index (χ0) is 11.9. The normalized spacial score (nSPS) is 14.8. The van der Waals surface area contributed by atoms with E-state index in [2.05, 4.69) is 4.98 Å². The summed E-state index contributed by atoms with van der Waals surface area (Å²) in [7, 11) is 1.73. The van der Waals surface area contributed by atoms with Gasteiger partial charge in [-0.2, -0.15) is 4.98 Å². The van der Waals surface area contributed by atoms with Crippen molar-refractivity contribution in [2.24, 2.45) is 0 Å². The molecule has 0 aromatic carbocycles. The second-order valence-electron chi connectivity index (χ2n) is 3.62. The van der Waals surface area contributed by atoms with E-state index < -0.39 is 11.5 Å². The maximum atomic E-state index is 11.5. The summed E-state index contributed by atoms with van der Waals surface area (Å²) in [6, 6.07) is 0. The van der Waals surface area contributed by atoms with E-state index in [1.54, 1.807) is 16.5 Å². The predicted molar refractivity (Wildman–Crippen MR) is 58.4 cm³/mol. The van der Waals surface area contributed by atoms with E-state index in [1.165, 1.54) is 0 Å². The van der Waals surface area contributed by atoms with E-state index in [1.807, 2.05) is 0 Å².